The van der Waals surface area contributed by atoms with E-state index in [0.29, 0.717) is 27.5 Å². The third-order valence-electron chi connectivity index (χ3n) is 4.49. The van der Waals surface area contributed by atoms with Gasteiger partial charge in [0.15, 0.2) is 0 Å². The van der Waals surface area contributed by atoms with Gasteiger partial charge in [-0.1, -0.05) is 56.3 Å². The standard InChI is InChI=1S/C19H22Cl2N4O2S/c1-3-5-6-12(4-2)10-27-19(26)23-17-22-18-25(24-17)16(11-28-18)14-9-13(20)7-8-15(14)21/h7-9,11-12H,3-6,10H2,1-2H3,(H,23,24,26). The topological polar surface area (TPSA) is 68.5 Å². The number of rotatable bonds is 8. The molecule has 6 nitrogen and oxygen atoms in total. The molecule has 0 aliphatic heterocycles. The molecule has 28 heavy (non-hydrogen) atoms. The molecule has 0 spiro atoms. The Morgan fingerprint density at radius 1 is 1.36 bits per heavy atom. The van der Waals surface area contributed by atoms with Crippen molar-refractivity contribution in [2.45, 2.75) is 39.5 Å². The Morgan fingerprint density at radius 3 is 2.93 bits per heavy atom. The zero-order valence-electron chi connectivity index (χ0n) is 15.7. The first kappa shape index (κ1) is 20.9. The molecule has 0 saturated carbocycles. The predicted molar refractivity (Wildman–Crippen MR) is 115 cm³/mol. The van der Waals surface area contributed by atoms with Crippen molar-refractivity contribution in [3.8, 4) is 11.3 Å². The predicted octanol–water partition coefficient (Wildman–Crippen LogP) is 6.53. The summed E-state index contributed by atoms with van der Waals surface area (Å²) in [6.45, 7) is 4.66. The lowest BCUT2D eigenvalue weighted by Crippen LogP contribution is -2.19. The molecular weight excluding hydrogens is 419 g/mol. The molecule has 3 aromatic rings. The number of ether oxygens (including phenoxy) is 1. The number of halogens is 2. The fourth-order valence-corrected chi connectivity index (χ4v) is 4.04. The molecule has 0 fully saturated rings. The molecule has 0 aliphatic rings. The van der Waals surface area contributed by atoms with Crippen molar-refractivity contribution in [3.05, 3.63) is 33.6 Å². The summed E-state index contributed by atoms with van der Waals surface area (Å²) in [5.41, 5.74) is 1.51. The molecule has 1 aromatic carbocycles. The number of aromatic nitrogens is 3. The van der Waals surface area contributed by atoms with E-state index in [1.807, 2.05) is 5.38 Å². The fourth-order valence-electron chi connectivity index (χ4n) is 2.83. The first-order valence-electron chi connectivity index (χ1n) is 9.25. The van der Waals surface area contributed by atoms with E-state index in [0.717, 1.165) is 36.9 Å². The minimum atomic E-state index is -0.546. The molecule has 1 atom stereocenters. The number of benzene rings is 1. The minimum Gasteiger partial charge on any atom is -0.449 e. The van der Waals surface area contributed by atoms with E-state index in [9.17, 15) is 4.79 Å². The molecule has 0 aliphatic carbocycles. The number of hydrogen-bond donors (Lipinski definition) is 1. The van der Waals surface area contributed by atoms with Gasteiger partial charge < -0.3 is 4.74 Å². The number of nitrogens with one attached hydrogen (secondary N) is 1. The van der Waals surface area contributed by atoms with Crippen molar-refractivity contribution >= 4 is 51.5 Å². The molecule has 2 heterocycles. The largest absolute Gasteiger partial charge is 0.449 e. The highest BCUT2D eigenvalue weighted by Gasteiger charge is 2.16. The van der Waals surface area contributed by atoms with Gasteiger partial charge in [0.25, 0.3) is 5.95 Å². The van der Waals surface area contributed by atoms with Crippen LogP contribution in [-0.2, 0) is 4.74 Å². The van der Waals surface area contributed by atoms with Crippen LogP contribution in [0.5, 0.6) is 0 Å². The van der Waals surface area contributed by atoms with Crippen LogP contribution in [0.3, 0.4) is 0 Å². The van der Waals surface area contributed by atoms with Crippen molar-refractivity contribution in [1.82, 2.24) is 14.6 Å². The number of carbonyl (C=O) groups excluding carboxylic acids is 1. The number of nitrogens with zero attached hydrogens (tertiary/aromatic N) is 3. The van der Waals surface area contributed by atoms with Crippen LogP contribution in [0.4, 0.5) is 10.7 Å². The smallest absolute Gasteiger partial charge is 0.414 e. The van der Waals surface area contributed by atoms with E-state index in [1.54, 1.807) is 22.7 Å². The van der Waals surface area contributed by atoms with Crippen molar-refractivity contribution in [2.75, 3.05) is 11.9 Å². The Hall–Kier alpha value is -1.83. The van der Waals surface area contributed by atoms with Gasteiger partial charge in [0.1, 0.15) is 0 Å². The molecule has 0 saturated heterocycles. The molecule has 150 valence electrons. The van der Waals surface area contributed by atoms with Crippen LogP contribution in [-0.4, -0.2) is 27.3 Å². The first-order valence-corrected chi connectivity index (χ1v) is 10.9. The Bertz CT molecular complexity index is 957. The van der Waals surface area contributed by atoms with Gasteiger partial charge in [-0.05, 0) is 30.5 Å². The molecule has 1 unspecified atom stereocenters. The second-order valence-corrected chi connectivity index (χ2v) is 8.20. The van der Waals surface area contributed by atoms with Crippen LogP contribution < -0.4 is 5.32 Å². The number of unbranched alkanes of at least 4 members (excludes halogenated alkanes) is 1. The summed E-state index contributed by atoms with van der Waals surface area (Å²) in [6, 6.07) is 5.24. The summed E-state index contributed by atoms with van der Waals surface area (Å²) >= 11 is 13.8. The quantitative estimate of drug-likeness (QED) is 0.432. The molecule has 9 heteroatoms. The number of fused-ring (bicyclic) bond motifs is 1. The molecule has 1 amide bonds. The van der Waals surface area contributed by atoms with Crippen LogP contribution in [0.1, 0.15) is 39.5 Å². The normalized spacial score (nSPS) is 12.3. The maximum Gasteiger partial charge on any atom is 0.414 e. The van der Waals surface area contributed by atoms with E-state index in [1.165, 1.54) is 11.3 Å². The van der Waals surface area contributed by atoms with Gasteiger partial charge >= 0.3 is 6.09 Å². The number of thiazole rings is 1. The van der Waals surface area contributed by atoms with Gasteiger partial charge in [0.05, 0.1) is 17.3 Å². The number of carbonyl (C=O) groups is 1. The van der Waals surface area contributed by atoms with Gasteiger partial charge in [-0.2, -0.15) is 4.98 Å². The minimum absolute atomic E-state index is 0.192. The lowest BCUT2D eigenvalue weighted by atomic mass is 10.0. The maximum absolute atomic E-state index is 12.1. The Morgan fingerprint density at radius 2 is 2.18 bits per heavy atom. The lowest BCUT2D eigenvalue weighted by Gasteiger charge is -2.14. The highest BCUT2D eigenvalue weighted by atomic mass is 35.5. The van der Waals surface area contributed by atoms with Crippen molar-refractivity contribution in [3.63, 3.8) is 0 Å². The van der Waals surface area contributed by atoms with E-state index in [4.69, 9.17) is 27.9 Å². The summed E-state index contributed by atoms with van der Waals surface area (Å²) in [5.74, 6) is 0.568. The molecule has 2 aromatic heterocycles. The monoisotopic (exact) mass is 440 g/mol. The van der Waals surface area contributed by atoms with Gasteiger partial charge in [0, 0.05) is 16.0 Å². The van der Waals surface area contributed by atoms with E-state index >= 15 is 0 Å². The summed E-state index contributed by atoms with van der Waals surface area (Å²) in [6.07, 6.45) is 3.77. The zero-order chi connectivity index (χ0) is 20.1. The van der Waals surface area contributed by atoms with Gasteiger partial charge in [-0.3, -0.25) is 5.32 Å². The highest BCUT2D eigenvalue weighted by Crippen LogP contribution is 2.33. The number of anilines is 1. The van der Waals surface area contributed by atoms with Gasteiger partial charge in [-0.15, -0.1) is 16.4 Å². The van der Waals surface area contributed by atoms with E-state index in [2.05, 4.69) is 29.2 Å². The molecule has 1 N–H and O–H groups in total. The molecular formula is C19H22Cl2N4O2S. The van der Waals surface area contributed by atoms with Crippen molar-refractivity contribution in [1.29, 1.82) is 0 Å². The molecule has 3 rings (SSSR count). The Labute approximate surface area is 177 Å². The molecule has 0 radical (unpaired) electrons. The lowest BCUT2D eigenvalue weighted by molar-refractivity contribution is 0.136. The first-order chi connectivity index (χ1) is 13.5. The average molecular weight is 441 g/mol. The summed E-state index contributed by atoms with van der Waals surface area (Å²) < 4.78 is 6.98. The van der Waals surface area contributed by atoms with Crippen molar-refractivity contribution in [2.24, 2.45) is 5.92 Å². The Kier molecular flexibility index (Phi) is 7.15. The second-order valence-electron chi connectivity index (χ2n) is 6.51. The van der Waals surface area contributed by atoms with E-state index in [-0.39, 0.29) is 5.95 Å². The average Bonchev–Trinajstić information content (AvgIpc) is 3.24. The SMILES string of the molecule is CCCCC(CC)COC(=O)Nc1nc2scc(-c3cc(Cl)ccc3Cl)n2n1. The third-order valence-corrected chi connectivity index (χ3v) is 5.87. The van der Waals surface area contributed by atoms with Crippen LogP contribution in [0.15, 0.2) is 23.6 Å². The number of hydrogen-bond acceptors (Lipinski definition) is 5. The van der Waals surface area contributed by atoms with Gasteiger partial charge in [-0.25, -0.2) is 9.31 Å². The number of amides is 1. The summed E-state index contributed by atoms with van der Waals surface area (Å²) in [7, 11) is 0. The fraction of sp³-hybridized carbons (Fsp3) is 0.421. The van der Waals surface area contributed by atoms with Gasteiger partial charge in [0.2, 0.25) is 4.96 Å². The second kappa shape index (κ2) is 9.58. The van der Waals surface area contributed by atoms with Crippen LogP contribution in [0.2, 0.25) is 10.0 Å². The zero-order valence-corrected chi connectivity index (χ0v) is 18.1. The molecule has 0 bridgehead atoms. The van der Waals surface area contributed by atoms with E-state index < -0.39 is 6.09 Å². The highest BCUT2D eigenvalue weighted by molar-refractivity contribution is 7.15. The summed E-state index contributed by atoms with van der Waals surface area (Å²) in [4.78, 5) is 17.1. The maximum atomic E-state index is 12.1. The van der Waals surface area contributed by atoms with Crippen molar-refractivity contribution < 1.29 is 9.53 Å². The summed E-state index contributed by atoms with van der Waals surface area (Å²) in [5, 5.41) is 10.00. The van der Waals surface area contributed by atoms with Crippen LogP contribution >= 0.6 is 34.5 Å². The van der Waals surface area contributed by atoms with Crippen LogP contribution in [0.25, 0.3) is 16.2 Å². The third kappa shape index (κ3) is 4.96. The Balaban J connectivity index is 1.69. The van der Waals surface area contributed by atoms with Crippen LogP contribution in [0, 0.1) is 5.92 Å².